The number of hydrogen-bond acceptors (Lipinski definition) is 3. The highest BCUT2D eigenvalue weighted by Gasteiger charge is 2.19. The number of ether oxygens (including phenoxy) is 1. The Morgan fingerprint density at radius 2 is 1.68 bits per heavy atom. The van der Waals surface area contributed by atoms with Crippen LogP contribution in [0.25, 0.3) is 0 Å². The molecule has 2 aliphatic heterocycles. The Labute approximate surface area is 166 Å². The summed E-state index contributed by atoms with van der Waals surface area (Å²) in [6.45, 7) is 4.74. The molecule has 1 aromatic carbocycles. The van der Waals surface area contributed by atoms with Gasteiger partial charge in [0.05, 0.1) is 13.2 Å². The van der Waals surface area contributed by atoms with Crippen LogP contribution >= 0.6 is 24.0 Å². The van der Waals surface area contributed by atoms with Gasteiger partial charge in [-0.3, -0.25) is 4.79 Å². The number of amides is 1. The summed E-state index contributed by atoms with van der Waals surface area (Å²) in [5.41, 5.74) is 1.00. The van der Waals surface area contributed by atoms with Crippen molar-refractivity contribution in [3.63, 3.8) is 0 Å². The predicted octanol–water partition coefficient (Wildman–Crippen LogP) is 2.42. The maximum Gasteiger partial charge on any atom is 0.244 e. The molecule has 0 atom stereocenters. The number of hydrogen-bond donors (Lipinski definition) is 1. The van der Waals surface area contributed by atoms with Gasteiger partial charge < -0.3 is 19.9 Å². The molecule has 0 spiro atoms. The van der Waals surface area contributed by atoms with Gasteiger partial charge in [-0.25, -0.2) is 4.99 Å². The second kappa shape index (κ2) is 10.6. The number of piperidine rings is 1. The van der Waals surface area contributed by atoms with Crippen LogP contribution in [0.2, 0.25) is 0 Å². The second-order valence-corrected chi connectivity index (χ2v) is 6.17. The summed E-state index contributed by atoms with van der Waals surface area (Å²) in [6.07, 6.45) is 3.61. The van der Waals surface area contributed by atoms with E-state index >= 15 is 0 Å². The van der Waals surface area contributed by atoms with E-state index in [9.17, 15) is 4.79 Å². The van der Waals surface area contributed by atoms with Crippen LogP contribution in [0, 0.1) is 0 Å². The number of aliphatic imine (C=N–C) groups is 1. The Hall–Kier alpha value is -1.35. The summed E-state index contributed by atoms with van der Waals surface area (Å²) in [5, 5.41) is 3.39. The highest BCUT2D eigenvalue weighted by atomic mass is 127. The molecule has 0 aliphatic carbocycles. The summed E-state index contributed by atoms with van der Waals surface area (Å²) in [5.74, 6) is 0.880. The van der Waals surface area contributed by atoms with Crippen molar-refractivity contribution < 1.29 is 9.53 Å². The molecule has 2 aliphatic rings. The number of benzene rings is 1. The van der Waals surface area contributed by atoms with Gasteiger partial charge in [0, 0.05) is 31.9 Å². The number of morpholine rings is 1. The van der Waals surface area contributed by atoms with Gasteiger partial charge in [-0.05, 0) is 31.4 Å². The number of nitrogens with one attached hydrogen (secondary N) is 1. The number of likely N-dealkylation sites (tertiary alicyclic amines) is 1. The first-order valence-corrected chi connectivity index (χ1v) is 8.80. The van der Waals surface area contributed by atoms with Crippen LogP contribution < -0.4 is 5.32 Å². The minimum Gasteiger partial charge on any atom is -0.378 e. The molecule has 0 aromatic heterocycles. The third kappa shape index (κ3) is 6.14. The lowest BCUT2D eigenvalue weighted by Crippen LogP contribution is -2.43. The quantitative estimate of drug-likeness (QED) is 0.430. The highest BCUT2D eigenvalue weighted by Crippen LogP contribution is 2.12. The smallest absolute Gasteiger partial charge is 0.244 e. The Balaban J connectivity index is 0.00000225. The van der Waals surface area contributed by atoms with Crippen LogP contribution in [0.3, 0.4) is 0 Å². The van der Waals surface area contributed by atoms with Gasteiger partial charge in [0.15, 0.2) is 5.96 Å². The largest absolute Gasteiger partial charge is 0.378 e. The van der Waals surface area contributed by atoms with Crippen LogP contribution in [0.15, 0.2) is 35.3 Å². The van der Waals surface area contributed by atoms with Crippen LogP contribution in [0.1, 0.15) is 19.3 Å². The van der Waals surface area contributed by atoms with E-state index in [1.807, 2.05) is 35.2 Å². The van der Waals surface area contributed by atoms with Crippen molar-refractivity contribution in [3.05, 3.63) is 30.3 Å². The maximum atomic E-state index is 12.4. The van der Waals surface area contributed by atoms with E-state index in [1.54, 1.807) is 0 Å². The van der Waals surface area contributed by atoms with Crippen LogP contribution in [0.4, 0.5) is 5.69 Å². The fraction of sp³-hybridized carbons (Fsp3) is 0.556. The van der Waals surface area contributed by atoms with Crippen molar-refractivity contribution in [2.45, 2.75) is 19.3 Å². The lowest BCUT2D eigenvalue weighted by atomic mass is 10.1. The van der Waals surface area contributed by atoms with Gasteiger partial charge in [-0.1, -0.05) is 18.2 Å². The van der Waals surface area contributed by atoms with E-state index in [0.29, 0.717) is 26.3 Å². The van der Waals surface area contributed by atoms with Gasteiger partial charge >= 0.3 is 0 Å². The first kappa shape index (κ1) is 20.0. The number of guanidine groups is 1. The lowest BCUT2D eigenvalue weighted by molar-refractivity contribution is -0.133. The Morgan fingerprint density at radius 3 is 2.36 bits per heavy atom. The molecule has 3 rings (SSSR count). The highest BCUT2D eigenvalue weighted by molar-refractivity contribution is 14.0. The number of halogens is 1. The Kier molecular flexibility index (Phi) is 8.47. The van der Waals surface area contributed by atoms with E-state index in [1.165, 1.54) is 19.3 Å². The molecule has 6 nitrogen and oxygen atoms in total. The number of carbonyl (C=O) groups excluding carboxylic acids is 1. The molecule has 2 fully saturated rings. The first-order valence-electron chi connectivity index (χ1n) is 8.80. The van der Waals surface area contributed by atoms with E-state index in [0.717, 1.165) is 24.7 Å². The van der Waals surface area contributed by atoms with E-state index in [-0.39, 0.29) is 36.4 Å². The van der Waals surface area contributed by atoms with Crippen LogP contribution in [-0.2, 0) is 9.53 Å². The fourth-order valence-corrected chi connectivity index (χ4v) is 3.03. The normalized spacial score (nSPS) is 18.5. The summed E-state index contributed by atoms with van der Waals surface area (Å²) in [4.78, 5) is 21.1. The first-order chi connectivity index (χ1) is 11.8. The van der Waals surface area contributed by atoms with E-state index < -0.39 is 0 Å². The van der Waals surface area contributed by atoms with Crippen molar-refractivity contribution in [2.75, 3.05) is 51.3 Å². The summed E-state index contributed by atoms with van der Waals surface area (Å²) >= 11 is 0. The van der Waals surface area contributed by atoms with Gasteiger partial charge in [-0.15, -0.1) is 24.0 Å². The van der Waals surface area contributed by atoms with Crippen molar-refractivity contribution in [1.82, 2.24) is 9.80 Å². The molecule has 7 heteroatoms. The minimum absolute atomic E-state index is 0. The van der Waals surface area contributed by atoms with Crippen molar-refractivity contribution in [2.24, 2.45) is 4.99 Å². The topological polar surface area (TPSA) is 57.2 Å². The number of carbonyl (C=O) groups is 1. The molecular formula is C18H27IN4O2. The van der Waals surface area contributed by atoms with Gasteiger partial charge in [-0.2, -0.15) is 0 Å². The van der Waals surface area contributed by atoms with Crippen LogP contribution in [0.5, 0.6) is 0 Å². The number of nitrogens with zero attached hydrogens (tertiary/aromatic N) is 3. The van der Waals surface area contributed by atoms with E-state index in [2.05, 4.69) is 15.2 Å². The Morgan fingerprint density at radius 1 is 1.00 bits per heavy atom. The van der Waals surface area contributed by atoms with Gasteiger partial charge in [0.1, 0.15) is 6.54 Å². The van der Waals surface area contributed by atoms with Crippen LogP contribution in [-0.4, -0.2) is 67.6 Å². The van der Waals surface area contributed by atoms with E-state index in [4.69, 9.17) is 4.74 Å². The molecule has 0 radical (unpaired) electrons. The predicted molar refractivity (Wildman–Crippen MR) is 111 cm³/mol. The maximum absolute atomic E-state index is 12.4. The molecule has 1 amide bonds. The van der Waals surface area contributed by atoms with Crippen molar-refractivity contribution in [3.8, 4) is 0 Å². The fourth-order valence-electron chi connectivity index (χ4n) is 3.03. The summed E-state index contributed by atoms with van der Waals surface area (Å²) < 4.78 is 5.30. The molecule has 0 bridgehead atoms. The van der Waals surface area contributed by atoms with Crippen molar-refractivity contribution in [1.29, 1.82) is 0 Å². The molecule has 25 heavy (non-hydrogen) atoms. The molecule has 2 heterocycles. The second-order valence-electron chi connectivity index (χ2n) is 6.17. The Bertz CT molecular complexity index is 555. The monoisotopic (exact) mass is 458 g/mol. The minimum atomic E-state index is 0. The molecular weight excluding hydrogens is 431 g/mol. The zero-order valence-corrected chi connectivity index (χ0v) is 16.9. The number of para-hydroxylation sites is 1. The average molecular weight is 458 g/mol. The number of anilines is 1. The standard InChI is InChI=1S/C18H26N4O2.HI/c23-17(21-11-13-24-14-12-21)15-19-18(22-9-5-2-6-10-22)20-16-7-3-1-4-8-16;/h1,3-4,7-8H,2,5-6,9-15H2,(H,19,20);1H. The SMILES string of the molecule is I.O=C(CN=C(Nc1ccccc1)N1CCCCC1)N1CCOCC1. The zero-order chi connectivity index (χ0) is 16.6. The van der Waals surface area contributed by atoms with Gasteiger partial charge in [0.2, 0.25) is 5.91 Å². The third-order valence-corrected chi connectivity index (χ3v) is 4.41. The zero-order valence-electron chi connectivity index (χ0n) is 14.5. The number of rotatable bonds is 3. The van der Waals surface area contributed by atoms with Crippen molar-refractivity contribution >= 4 is 41.5 Å². The lowest BCUT2D eigenvalue weighted by Gasteiger charge is -2.31. The molecule has 0 unspecified atom stereocenters. The molecule has 0 saturated carbocycles. The molecule has 1 aromatic rings. The molecule has 138 valence electrons. The average Bonchev–Trinajstić information content (AvgIpc) is 2.67. The summed E-state index contributed by atoms with van der Waals surface area (Å²) in [6, 6.07) is 10.0. The van der Waals surface area contributed by atoms with Gasteiger partial charge in [0.25, 0.3) is 0 Å². The molecule has 1 N–H and O–H groups in total. The third-order valence-electron chi connectivity index (χ3n) is 4.41. The summed E-state index contributed by atoms with van der Waals surface area (Å²) in [7, 11) is 0. The molecule has 2 saturated heterocycles.